The molecule has 0 aliphatic carbocycles. The van der Waals surface area contributed by atoms with Crippen LogP contribution in [0.4, 0.5) is 5.69 Å². The van der Waals surface area contributed by atoms with Crippen molar-refractivity contribution in [2.45, 2.75) is 6.92 Å². The number of methoxy groups -OCH3 is 2. The molecule has 1 aromatic carbocycles. The van der Waals surface area contributed by atoms with Crippen molar-refractivity contribution in [3.05, 3.63) is 51.9 Å². The molecule has 0 bridgehead atoms. The van der Waals surface area contributed by atoms with Crippen molar-refractivity contribution in [1.29, 1.82) is 0 Å². The normalized spacial score (nSPS) is 10.0. The van der Waals surface area contributed by atoms with Crippen molar-refractivity contribution in [3.8, 4) is 11.5 Å². The number of nitrogens with one attached hydrogen (secondary N) is 2. The lowest BCUT2D eigenvalue weighted by Gasteiger charge is -2.13. The first-order valence-electron chi connectivity index (χ1n) is 6.28. The lowest BCUT2D eigenvalue weighted by Crippen LogP contribution is -2.21. The summed E-state index contributed by atoms with van der Waals surface area (Å²) in [6.45, 7) is 1.83. The van der Waals surface area contributed by atoms with Crippen LogP contribution in [0, 0.1) is 6.92 Å². The number of aromatic amines is 1. The summed E-state index contributed by atoms with van der Waals surface area (Å²) < 4.78 is 10.4. The number of rotatable bonds is 4. The number of carbonyl (C=O) groups is 1. The number of aryl methyl sites for hydroxylation is 1. The van der Waals surface area contributed by atoms with Crippen LogP contribution in [0.5, 0.6) is 11.5 Å². The molecule has 2 aromatic rings. The van der Waals surface area contributed by atoms with Crippen LogP contribution >= 0.6 is 0 Å². The van der Waals surface area contributed by atoms with Crippen LogP contribution in [0.3, 0.4) is 0 Å². The molecule has 0 aliphatic heterocycles. The van der Waals surface area contributed by atoms with Gasteiger partial charge in [0.2, 0.25) is 0 Å². The first-order chi connectivity index (χ1) is 10.1. The third-order valence-corrected chi connectivity index (χ3v) is 3.05. The number of amides is 1. The predicted molar refractivity (Wildman–Crippen MR) is 79.3 cm³/mol. The number of anilines is 1. The second kappa shape index (κ2) is 6.13. The zero-order valence-electron chi connectivity index (χ0n) is 12.0. The van der Waals surface area contributed by atoms with Crippen molar-refractivity contribution in [1.82, 2.24) is 4.98 Å². The van der Waals surface area contributed by atoms with E-state index in [-0.39, 0.29) is 11.0 Å². The van der Waals surface area contributed by atoms with Crippen LogP contribution in [0.1, 0.15) is 15.9 Å². The van der Waals surface area contributed by atoms with Crippen LogP contribution < -0.4 is 20.2 Å². The predicted octanol–water partition coefficient (Wildman–Crippen LogP) is 1.95. The third kappa shape index (κ3) is 3.05. The van der Waals surface area contributed by atoms with E-state index >= 15 is 0 Å². The molecule has 1 aromatic heterocycles. The second-order valence-corrected chi connectivity index (χ2v) is 4.40. The molecule has 0 radical (unpaired) electrons. The Balaban J connectivity index is 2.34. The highest BCUT2D eigenvalue weighted by atomic mass is 16.5. The van der Waals surface area contributed by atoms with Gasteiger partial charge in [0.05, 0.1) is 14.2 Å². The molecule has 0 aliphatic rings. The van der Waals surface area contributed by atoms with E-state index in [1.807, 2.05) is 6.92 Å². The summed E-state index contributed by atoms with van der Waals surface area (Å²) in [4.78, 5) is 26.5. The quantitative estimate of drug-likeness (QED) is 0.901. The molecule has 2 rings (SSSR count). The number of H-pyrrole nitrogens is 1. The Morgan fingerprint density at radius 1 is 1.19 bits per heavy atom. The summed E-state index contributed by atoms with van der Waals surface area (Å²) in [5.74, 6) is 0.595. The number of pyridine rings is 1. The molecule has 0 saturated carbocycles. The Hall–Kier alpha value is -2.76. The van der Waals surface area contributed by atoms with Crippen molar-refractivity contribution >= 4 is 11.6 Å². The first-order valence-corrected chi connectivity index (χ1v) is 6.28. The summed E-state index contributed by atoms with van der Waals surface area (Å²) in [6.07, 6.45) is 2.84. The topological polar surface area (TPSA) is 80.4 Å². The Morgan fingerprint density at radius 2 is 1.86 bits per heavy atom. The van der Waals surface area contributed by atoms with E-state index in [1.54, 1.807) is 19.2 Å². The van der Waals surface area contributed by atoms with Crippen LogP contribution in [-0.2, 0) is 0 Å². The number of benzene rings is 1. The van der Waals surface area contributed by atoms with Gasteiger partial charge in [-0.15, -0.1) is 0 Å². The fourth-order valence-corrected chi connectivity index (χ4v) is 1.90. The van der Waals surface area contributed by atoms with Gasteiger partial charge in [0.15, 0.2) is 16.9 Å². The number of carbonyl (C=O) groups excluding carboxylic acids is 1. The number of ether oxygens (including phenoxy) is 2. The van der Waals surface area contributed by atoms with E-state index in [1.165, 1.54) is 25.6 Å². The monoisotopic (exact) mass is 288 g/mol. The zero-order valence-corrected chi connectivity index (χ0v) is 12.0. The molecule has 6 heteroatoms. The fraction of sp³-hybridized carbons (Fsp3) is 0.200. The van der Waals surface area contributed by atoms with Gasteiger partial charge in [-0.1, -0.05) is 0 Å². The minimum Gasteiger partial charge on any atom is -0.493 e. The maximum absolute atomic E-state index is 12.1. The largest absolute Gasteiger partial charge is 0.493 e. The molecule has 0 fully saturated rings. The summed E-state index contributed by atoms with van der Waals surface area (Å²) in [5, 5.41) is 2.70. The van der Waals surface area contributed by atoms with Gasteiger partial charge in [0, 0.05) is 30.2 Å². The lowest BCUT2D eigenvalue weighted by molar-refractivity contribution is 0.102. The molecule has 0 atom stereocenters. The SMILES string of the molecule is COc1cc(C)c(NC(=O)c2c[nH]ccc2=O)cc1OC. The molecule has 110 valence electrons. The molecule has 21 heavy (non-hydrogen) atoms. The molecule has 0 saturated heterocycles. The highest BCUT2D eigenvalue weighted by Gasteiger charge is 2.14. The summed E-state index contributed by atoms with van der Waals surface area (Å²) in [6, 6.07) is 4.71. The van der Waals surface area contributed by atoms with Crippen molar-refractivity contribution < 1.29 is 14.3 Å². The van der Waals surface area contributed by atoms with Gasteiger partial charge in [-0.2, -0.15) is 0 Å². The highest BCUT2D eigenvalue weighted by Crippen LogP contribution is 2.32. The van der Waals surface area contributed by atoms with Gasteiger partial charge in [0.1, 0.15) is 5.56 Å². The molecular weight excluding hydrogens is 272 g/mol. The van der Waals surface area contributed by atoms with Gasteiger partial charge >= 0.3 is 0 Å². The number of hydrogen-bond donors (Lipinski definition) is 2. The number of hydrogen-bond acceptors (Lipinski definition) is 4. The average molecular weight is 288 g/mol. The smallest absolute Gasteiger partial charge is 0.261 e. The maximum Gasteiger partial charge on any atom is 0.261 e. The first kappa shape index (κ1) is 14.6. The fourth-order valence-electron chi connectivity index (χ4n) is 1.90. The standard InChI is InChI=1S/C15H16N2O4/c1-9-6-13(20-2)14(21-3)7-11(9)17-15(19)10-8-16-5-4-12(10)18/h4-8H,1-3H3,(H,16,18)(H,17,19). The minimum absolute atomic E-state index is 0.0479. The van der Waals surface area contributed by atoms with Gasteiger partial charge < -0.3 is 19.8 Å². The maximum atomic E-state index is 12.1. The summed E-state index contributed by atoms with van der Waals surface area (Å²) >= 11 is 0. The Bertz CT molecular complexity index is 722. The highest BCUT2D eigenvalue weighted by molar-refractivity contribution is 6.04. The zero-order chi connectivity index (χ0) is 15.4. The molecular formula is C15H16N2O4. The van der Waals surface area contributed by atoms with E-state index in [0.29, 0.717) is 17.2 Å². The summed E-state index contributed by atoms with van der Waals surface area (Å²) in [7, 11) is 3.06. The molecule has 1 heterocycles. The third-order valence-electron chi connectivity index (χ3n) is 3.05. The Labute approximate surface area is 121 Å². The lowest BCUT2D eigenvalue weighted by atomic mass is 10.1. The van der Waals surface area contributed by atoms with E-state index in [2.05, 4.69) is 10.3 Å². The minimum atomic E-state index is -0.479. The van der Waals surface area contributed by atoms with Crippen LogP contribution in [-0.4, -0.2) is 25.1 Å². The Kier molecular flexibility index (Phi) is 4.27. The molecule has 0 spiro atoms. The van der Waals surface area contributed by atoms with E-state index < -0.39 is 5.91 Å². The number of aromatic nitrogens is 1. The van der Waals surface area contributed by atoms with Crippen molar-refractivity contribution in [3.63, 3.8) is 0 Å². The van der Waals surface area contributed by atoms with Crippen LogP contribution in [0.25, 0.3) is 0 Å². The van der Waals surface area contributed by atoms with Gasteiger partial charge in [0.25, 0.3) is 5.91 Å². The van der Waals surface area contributed by atoms with Crippen LogP contribution in [0.2, 0.25) is 0 Å². The molecule has 2 N–H and O–H groups in total. The van der Waals surface area contributed by atoms with E-state index in [0.717, 1.165) is 5.56 Å². The molecule has 1 amide bonds. The van der Waals surface area contributed by atoms with Gasteiger partial charge in [-0.3, -0.25) is 9.59 Å². The van der Waals surface area contributed by atoms with Crippen molar-refractivity contribution in [2.75, 3.05) is 19.5 Å². The molecule has 6 nitrogen and oxygen atoms in total. The van der Waals surface area contributed by atoms with E-state index in [4.69, 9.17) is 9.47 Å². The average Bonchev–Trinajstić information content (AvgIpc) is 2.49. The second-order valence-electron chi connectivity index (χ2n) is 4.40. The van der Waals surface area contributed by atoms with Crippen LogP contribution in [0.15, 0.2) is 35.4 Å². The van der Waals surface area contributed by atoms with Gasteiger partial charge in [-0.05, 0) is 18.6 Å². The summed E-state index contributed by atoms with van der Waals surface area (Å²) in [5.41, 5.74) is 1.06. The van der Waals surface area contributed by atoms with E-state index in [9.17, 15) is 9.59 Å². The van der Waals surface area contributed by atoms with Crippen molar-refractivity contribution in [2.24, 2.45) is 0 Å². The van der Waals surface area contributed by atoms with Gasteiger partial charge in [-0.25, -0.2) is 0 Å². The Morgan fingerprint density at radius 3 is 2.48 bits per heavy atom. The molecule has 0 unspecified atom stereocenters.